The number of nitrogens with one attached hydrogen (secondary N) is 1. The fourth-order valence-corrected chi connectivity index (χ4v) is 1.87. The van der Waals surface area contributed by atoms with Gasteiger partial charge in [-0.25, -0.2) is 0 Å². The summed E-state index contributed by atoms with van der Waals surface area (Å²) in [5, 5.41) is 13.0. The summed E-state index contributed by atoms with van der Waals surface area (Å²) < 4.78 is 5.30. The van der Waals surface area contributed by atoms with Crippen LogP contribution >= 0.6 is 0 Å². The fourth-order valence-electron chi connectivity index (χ4n) is 1.87. The van der Waals surface area contributed by atoms with E-state index in [9.17, 15) is 5.11 Å². The maximum Gasteiger partial charge on any atom is 0.120 e. The van der Waals surface area contributed by atoms with Crippen LogP contribution < -0.4 is 5.32 Å². The highest BCUT2D eigenvalue weighted by Gasteiger charge is 2.05. The van der Waals surface area contributed by atoms with Crippen LogP contribution in [0.1, 0.15) is 24.7 Å². The van der Waals surface area contributed by atoms with E-state index < -0.39 is 0 Å². The molecule has 2 rings (SSSR count). The molecule has 0 saturated carbocycles. The monoisotopic (exact) mass is 245 g/mol. The number of aromatic hydroxyl groups is 1. The lowest BCUT2D eigenvalue weighted by Crippen LogP contribution is -2.15. The first-order chi connectivity index (χ1) is 8.65. The Morgan fingerprint density at radius 2 is 2.17 bits per heavy atom. The Kier molecular flexibility index (Phi) is 3.92. The van der Waals surface area contributed by atoms with E-state index in [1.807, 2.05) is 31.2 Å². The van der Waals surface area contributed by atoms with Crippen LogP contribution in [0.2, 0.25) is 0 Å². The van der Waals surface area contributed by atoms with Crippen molar-refractivity contribution in [1.29, 1.82) is 0 Å². The highest BCUT2D eigenvalue weighted by Crippen LogP contribution is 2.21. The minimum absolute atomic E-state index is 0.331. The van der Waals surface area contributed by atoms with Crippen LogP contribution in [0.3, 0.4) is 0 Å². The minimum atomic E-state index is 0.331. The zero-order valence-corrected chi connectivity index (χ0v) is 10.8. The number of aryl methyl sites for hydroxylation is 2. The van der Waals surface area contributed by atoms with Crippen LogP contribution in [0.25, 0.3) is 0 Å². The first kappa shape index (κ1) is 12.6. The van der Waals surface area contributed by atoms with Crippen LogP contribution in [0.5, 0.6) is 5.75 Å². The zero-order valence-electron chi connectivity index (χ0n) is 10.8. The number of phenols is 1. The number of furan rings is 1. The molecule has 96 valence electrons. The molecular weight excluding hydrogens is 226 g/mol. The highest BCUT2D eigenvalue weighted by molar-refractivity contribution is 5.51. The summed E-state index contributed by atoms with van der Waals surface area (Å²) in [7, 11) is 0. The molecular formula is C15H19NO2. The van der Waals surface area contributed by atoms with Crippen molar-refractivity contribution in [1.82, 2.24) is 0 Å². The number of rotatable bonds is 5. The second-order valence-electron chi connectivity index (χ2n) is 4.66. The van der Waals surface area contributed by atoms with E-state index in [2.05, 4.69) is 12.2 Å². The molecule has 0 radical (unpaired) electrons. The predicted molar refractivity (Wildman–Crippen MR) is 73.0 cm³/mol. The molecule has 0 fully saturated rings. The second kappa shape index (κ2) is 5.63. The maximum absolute atomic E-state index is 9.64. The molecule has 1 unspecified atom stereocenters. The highest BCUT2D eigenvalue weighted by atomic mass is 16.3. The Labute approximate surface area is 107 Å². The van der Waals surface area contributed by atoms with Gasteiger partial charge in [-0.1, -0.05) is 6.07 Å². The number of phenolic OH excluding ortho intramolecular Hbond substituents is 1. The average Bonchev–Trinajstić information content (AvgIpc) is 2.84. The Morgan fingerprint density at radius 1 is 1.33 bits per heavy atom. The Balaban J connectivity index is 1.86. The summed E-state index contributed by atoms with van der Waals surface area (Å²) in [6.07, 6.45) is 3.60. The van der Waals surface area contributed by atoms with Gasteiger partial charge in [-0.2, -0.15) is 0 Å². The number of hydrogen-bond donors (Lipinski definition) is 2. The smallest absolute Gasteiger partial charge is 0.120 e. The third-order valence-electron chi connectivity index (χ3n) is 3.03. The molecule has 2 aromatic rings. The first-order valence-electron chi connectivity index (χ1n) is 6.23. The summed E-state index contributed by atoms with van der Waals surface area (Å²) >= 11 is 0. The van der Waals surface area contributed by atoms with E-state index in [0.29, 0.717) is 11.8 Å². The van der Waals surface area contributed by atoms with Crippen molar-refractivity contribution < 1.29 is 9.52 Å². The fraction of sp³-hybridized carbons (Fsp3) is 0.333. The molecule has 3 heteroatoms. The van der Waals surface area contributed by atoms with E-state index in [-0.39, 0.29) is 0 Å². The SMILES string of the molecule is Cc1ccc(NC(C)CCc2ccco2)cc1O. The lowest BCUT2D eigenvalue weighted by molar-refractivity contribution is 0.471. The van der Waals surface area contributed by atoms with Crippen LogP contribution in [0, 0.1) is 6.92 Å². The standard InChI is InChI=1S/C15H19NO2/c1-11-5-7-13(10-15(11)17)16-12(2)6-8-14-4-3-9-18-14/h3-5,7,9-10,12,16-17H,6,8H2,1-2H3. The minimum Gasteiger partial charge on any atom is -0.508 e. The van der Waals surface area contributed by atoms with E-state index in [0.717, 1.165) is 29.9 Å². The van der Waals surface area contributed by atoms with E-state index in [4.69, 9.17) is 4.42 Å². The van der Waals surface area contributed by atoms with Crippen molar-refractivity contribution >= 4 is 5.69 Å². The molecule has 3 nitrogen and oxygen atoms in total. The molecule has 0 saturated heterocycles. The molecule has 0 spiro atoms. The van der Waals surface area contributed by atoms with Gasteiger partial charge in [0.05, 0.1) is 6.26 Å². The van der Waals surface area contributed by atoms with Crippen LogP contribution in [-0.2, 0) is 6.42 Å². The van der Waals surface area contributed by atoms with Crippen LogP contribution in [0.4, 0.5) is 5.69 Å². The molecule has 0 aliphatic heterocycles. The molecule has 18 heavy (non-hydrogen) atoms. The van der Waals surface area contributed by atoms with Gasteiger partial charge in [0.25, 0.3) is 0 Å². The number of anilines is 1. The largest absolute Gasteiger partial charge is 0.508 e. The van der Waals surface area contributed by atoms with Gasteiger partial charge in [0.2, 0.25) is 0 Å². The molecule has 0 aliphatic carbocycles. The summed E-state index contributed by atoms with van der Waals surface area (Å²) in [4.78, 5) is 0. The third-order valence-corrected chi connectivity index (χ3v) is 3.03. The molecule has 2 N–H and O–H groups in total. The Bertz CT molecular complexity index is 491. The zero-order chi connectivity index (χ0) is 13.0. The predicted octanol–water partition coefficient (Wildman–Crippen LogP) is 3.73. The molecule has 1 atom stereocenters. The van der Waals surface area contributed by atoms with E-state index in [1.165, 1.54) is 0 Å². The van der Waals surface area contributed by atoms with Gasteiger partial charge in [0.1, 0.15) is 11.5 Å². The Hall–Kier alpha value is -1.90. The molecule has 1 aromatic carbocycles. The molecule has 0 bridgehead atoms. The van der Waals surface area contributed by atoms with E-state index >= 15 is 0 Å². The van der Waals surface area contributed by atoms with Crippen molar-refractivity contribution in [2.75, 3.05) is 5.32 Å². The van der Waals surface area contributed by atoms with Gasteiger partial charge >= 0.3 is 0 Å². The summed E-state index contributed by atoms with van der Waals surface area (Å²) in [6, 6.07) is 9.89. The topological polar surface area (TPSA) is 45.4 Å². The summed E-state index contributed by atoms with van der Waals surface area (Å²) in [6.45, 7) is 4.01. The van der Waals surface area contributed by atoms with Crippen molar-refractivity contribution in [3.63, 3.8) is 0 Å². The third kappa shape index (κ3) is 3.29. The van der Waals surface area contributed by atoms with E-state index in [1.54, 1.807) is 12.3 Å². The van der Waals surface area contributed by atoms with Crippen molar-refractivity contribution in [2.24, 2.45) is 0 Å². The number of hydrogen-bond acceptors (Lipinski definition) is 3. The van der Waals surface area contributed by atoms with Crippen LogP contribution in [-0.4, -0.2) is 11.1 Å². The van der Waals surface area contributed by atoms with Gasteiger partial charge in [-0.15, -0.1) is 0 Å². The molecule has 1 heterocycles. The van der Waals surface area contributed by atoms with Crippen molar-refractivity contribution in [2.45, 2.75) is 32.7 Å². The molecule has 1 aromatic heterocycles. The molecule has 0 amide bonds. The van der Waals surface area contributed by atoms with Crippen LogP contribution in [0.15, 0.2) is 41.0 Å². The van der Waals surface area contributed by atoms with Crippen molar-refractivity contribution in [3.05, 3.63) is 47.9 Å². The van der Waals surface area contributed by atoms with Crippen molar-refractivity contribution in [3.8, 4) is 5.75 Å². The lowest BCUT2D eigenvalue weighted by atomic mass is 10.1. The van der Waals surface area contributed by atoms with Gasteiger partial charge in [-0.3, -0.25) is 0 Å². The normalized spacial score (nSPS) is 12.3. The number of benzene rings is 1. The second-order valence-corrected chi connectivity index (χ2v) is 4.66. The molecule has 0 aliphatic rings. The van der Waals surface area contributed by atoms with Gasteiger partial charge in [-0.05, 0) is 44.0 Å². The first-order valence-corrected chi connectivity index (χ1v) is 6.23. The van der Waals surface area contributed by atoms with Gasteiger partial charge < -0.3 is 14.8 Å². The summed E-state index contributed by atoms with van der Waals surface area (Å²) in [5.41, 5.74) is 1.84. The Morgan fingerprint density at radius 3 is 2.83 bits per heavy atom. The maximum atomic E-state index is 9.64. The summed E-state index contributed by atoms with van der Waals surface area (Å²) in [5.74, 6) is 1.34. The van der Waals surface area contributed by atoms with Gasteiger partial charge in [0, 0.05) is 24.2 Å². The lowest BCUT2D eigenvalue weighted by Gasteiger charge is -2.15. The average molecular weight is 245 g/mol. The van der Waals surface area contributed by atoms with Gasteiger partial charge in [0.15, 0.2) is 0 Å². The quantitative estimate of drug-likeness (QED) is 0.843.